The smallest absolute Gasteiger partial charge is 0.220 e. The Hall–Kier alpha value is -2.69. The van der Waals surface area contributed by atoms with Crippen molar-refractivity contribution < 1.29 is 15.0 Å². The summed E-state index contributed by atoms with van der Waals surface area (Å²) in [5, 5.41) is 23.2. The van der Waals surface area contributed by atoms with Crippen LogP contribution in [0.1, 0.15) is 239 Å². The predicted octanol–water partition coefficient (Wildman–Crippen LogP) is 17.0. The van der Waals surface area contributed by atoms with Crippen molar-refractivity contribution in [1.29, 1.82) is 0 Å². The van der Waals surface area contributed by atoms with E-state index < -0.39 is 12.1 Å². The lowest BCUT2D eigenvalue weighted by atomic mass is 10.0. The molecule has 0 fully saturated rings. The number of aliphatic hydroxyl groups excluding tert-OH is 2. The van der Waals surface area contributed by atoms with E-state index in [9.17, 15) is 15.0 Å². The Morgan fingerprint density at radius 2 is 0.721 bits per heavy atom. The second kappa shape index (κ2) is 51.7. The number of hydrogen-bond donors (Lipinski definition) is 3. The molecule has 0 radical (unpaired) electrons. The maximum Gasteiger partial charge on any atom is 0.220 e. The molecule has 0 rings (SSSR count). The summed E-state index contributed by atoms with van der Waals surface area (Å²) < 4.78 is 0. The first-order chi connectivity index (χ1) is 30.2. The molecule has 61 heavy (non-hydrogen) atoms. The Kier molecular flexibility index (Phi) is 49.4. The SMILES string of the molecule is CC/C=C\C/C=C\C/C=C\C/C=C\C/C=C\C/C=C\C/C=C\C/C=C\CCCCCCCCCCCCC(=O)NC(CO)C(O)CCCCCCCCCCCCCCCC. The van der Waals surface area contributed by atoms with Crippen molar-refractivity contribution in [2.24, 2.45) is 0 Å². The normalized spacial score (nSPS) is 13.7. The van der Waals surface area contributed by atoms with E-state index in [1.807, 2.05) is 0 Å². The molecule has 1 amide bonds. The van der Waals surface area contributed by atoms with Crippen LogP contribution in [0.15, 0.2) is 97.2 Å². The van der Waals surface area contributed by atoms with Gasteiger partial charge >= 0.3 is 0 Å². The molecule has 0 aromatic rings. The molecule has 0 aromatic carbocycles. The molecular weight excluding hydrogens is 747 g/mol. The van der Waals surface area contributed by atoms with Crippen molar-refractivity contribution in [3.8, 4) is 0 Å². The van der Waals surface area contributed by atoms with Crippen molar-refractivity contribution in [3.05, 3.63) is 97.2 Å². The zero-order valence-electron chi connectivity index (χ0n) is 40.2. The van der Waals surface area contributed by atoms with Crippen molar-refractivity contribution in [1.82, 2.24) is 5.32 Å². The van der Waals surface area contributed by atoms with Crippen LogP contribution in [-0.4, -0.2) is 34.9 Å². The number of carbonyl (C=O) groups is 1. The van der Waals surface area contributed by atoms with E-state index in [4.69, 9.17) is 0 Å². The predicted molar refractivity (Wildman–Crippen MR) is 271 cm³/mol. The first-order valence-electron chi connectivity index (χ1n) is 25.9. The van der Waals surface area contributed by atoms with Crippen LogP contribution in [-0.2, 0) is 4.79 Å². The van der Waals surface area contributed by atoms with E-state index in [-0.39, 0.29) is 12.5 Å². The highest BCUT2D eigenvalue weighted by atomic mass is 16.3. The number of hydrogen-bond acceptors (Lipinski definition) is 3. The molecule has 0 spiro atoms. The van der Waals surface area contributed by atoms with Crippen LogP contribution < -0.4 is 5.32 Å². The average Bonchev–Trinajstić information content (AvgIpc) is 3.26. The average molecular weight is 846 g/mol. The summed E-state index contributed by atoms with van der Waals surface area (Å²) in [5.74, 6) is -0.0396. The van der Waals surface area contributed by atoms with E-state index in [0.717, 1.165) is 77.0 Å². The van der Waals surface area contributed by atoms with Gasteiger partial charge in [0.05, 0.1) is 18.8 Å². The summed E-state index contributed by atoms with van der Waals surface area (Å²) in [4.78, 5) is 12.4. The molecule has 2 unspecified atom stereocenters. The summed E-state index contributed by atoms with van der Waals surface area (Å²) in [6.07, 6.45) is 76.5. The minimum absolute atomic E-state index is 0.0396. The highest BCUT2D eigenvalue weighted by molar-refractivity contribution is 5.76. The Labute approximate surface area is 379 Å². The van der Waals surface area contributed by atoms with Gasteiger partial charge in [-0.3, -0.25) is 4.79 Å². The van der Waals surface area contributed by atoms with E-state index in [1.54, 1.807) is 0 Å². The van der Waals surface area contributed by atoms with E-state index in [0.29, 0.717) is 12.8 Å². The standard InChI is InChI=1S/C57H99NO3/c1-3-5-7-9-11-13-15-17-19-20-21-22-23-24-25-26-27-28-29-30-31-32-33-34-35-36-37-38-39-41-43-45-47-49-51-53-57(61)58-55(54-59)56(60)52-50-48-46-44-42-40-18-16-14-12-10-8-6-4-2/h5,7,11,13,17,19,21-22,24-25,27-28,30-31,33-34,55-56,59-60H,3-4,6,8-10,12,14-16,18,20,23,26,29,32,35-54H2,1-2H3,(H,58,61)/b7-5-,13-11-,19-17-,22-21-,25-24-,28-27-,31-30-,34-33-. The summed E-state index contributed by atoms with van der Waals surface area (Å²) in [6.45, 7) is 4.24. The lowest BCUT2D eigenvalue weighted by Gasteiger charge is -2.22. The third-order valence-electron chi connectivity index (χ3n) is 11.4. The molecule has 350 valence electrons. The molecule has 0 aliphatic rings. The van der Waals surface area contributed by atoms with Gasteiger partial charge in [0.2, 0.25) is 5.91 Å². The van der Waals surface area contributed by atoms with Crippen molar-refractivity contribution in [2.45, 2.75) is 251 Å². The van der Waals surface area contributed by atoms with Crippen LogP contribution in [0.2, 0.25) is 0 Å². The van der Waals surface area contributed by atoms with E-state index in [2.05, 4.69) is 116 Å². The molecule has 4 nitrogen and oxygen atoms in total. The van der Waals surface area contributed by atoms with Gasteiger partial charge in [0.1, 0.15) is 0 Å². The second-order valence-electron chi connectivity index (χ2n) is 17.2. The molecule has 0 heterocycles. The summed E-state index contributed by atoms with van der Waals surface area (Å²) in [7, 11) is 0. The highest BCUT2D eigenvalue weighted by Gasteiger charge is 2.20. The number of rotatable bonds is 46. The summed E-state index contributed by atoms with van der Waals surface area (Å²) in [6, 6.07) is -0.544. The van der Waals surface area contributed by atoms with E-state index in [1.165, 1.54) is 135 Å². The number of amides is 1. The van der Waals surface area contributed by atoms with E-state index >= 15 is 0 Å². The Morgan fingerprint density at radius 3 is 1.08 bits per heavy atom. The molecule has 0 saturated carbocycles. The summed E-state index contributed by atoms with van der Waals surface area (Å²) >= 11 is 0. The Bertz CT molecular complexity index is 1140. The minimum atomic E-state index is -0.666. The van der Waals surface area contributed by atoms with Crippen molar-refractivity contribution in [2.75, 3.05) is 6.61 Å². The number of carbonyl (C=O) groups excluding carboxylic acids is 1. The van der Waals surface area contributed by atoms with Gasteiger partial charge in [-0.2, -0.15) is 0 Å². The monoisotopic (exact) mass is 846 g/mol. The molecule has 2 atom stereocenters. The Morgan fingerprint density at radius 1 is 0.410 bits per heavy atom. The zero-order valence-corrected chi connectivity index (χ0v) is 40.2. The molecule has 0 bridgehead atoms. The van der Waals surface area contributed by atoms with Crippen LogP contribution in [0, 0.1) is 0 Å². The molecule has 0 aromatic heterocycles. The first kappa shape index (κ1) is 58.3. The van der Waals surface area contributed by atoms with Gasteiger partial charge in [0.15, 0.2) is 0 Å². The quantitative estimate of drug-likeness (QED) is 0.0422. The molecular formula is C57H99NO3. The van der Waals surface area contributed by atoms with Gasteiger partial charge in [-0.25, -0.2) is 0 Å². The number of unbranched alkanes of at least 4 members (excludes halogenated alkanes) is 23. The van der Waals surface area contributed by atoms with Gasteiger partial charge in [-0.05, 0) is 77.0 Å². The van der Waals surface area contributed by atoms with Gasteiger partial charge < -0.3 is 15.5 Å². The number of allylic oxidation sites excluding steroid dienone is 16. The molecule has 4 heteroatoms. The molecule has 3 N–H and O–H groups in total. The third kappa shape index (κ3) is 48.2. The lowest BCUT2D eigenvalue weighted by Crippen LogP contribution is -2.45. The Balaban J connectivity index is 3.57. The zero-order chi connectivity index (χ0) is 44.2. The van der Waals surface area contributed by atoms with Crippen LogP contribution in [0.5, 0.6) is 0 Å². The third-order valence-corrected chi connectivity index (χ3v) is 11.4. The van der Waals surface area contributed by atoms with Crippen molar-refractivity contribution >= 4 is 5.91 Å². The fraction of sp³-hybridized carbons (Fsp3) is 0.702. The fourth-order valence-electron chi connectivity index (χ4n) is 7.44. The van der Waals surface area contributed by atoms with Gasteiger partial charge in [0, 0.05) is 6.42 Å². The van der Waals surface area contributed by atoms with Crippen molar-refractivity contribution in [3.63, 3.8) is 0 Å². The van der Waals surface area contributed by atoms with Crippen LogP contribution in [0.25, 0.3) is 0 Å². The lowest BCUT2D eigenvalue weighted by molar-refractivity contribution is -0.123. The van der Waals surface area contributed by atoms with Crippen LogP contribution in [0.3, 0.4) is 0 Å². The maximum absolute atomic E-state index is 12.4. The molecule has 0 aliphatic carbocycles. The largest absolute Gasteiger partial charge is 0.394 e. The fourth-order valence-corrected chi connectivity index (χ4v) is 7.44. The molecule has 0 saturated heterocycles. The van der Waals surface area contributed by atoms with Gasteiger partial charge in [0.25, 0.3) is 0 Å². The maximum atomic E-state index is 12.4. The van der Waals surface area contributed by atoms with Crippen LogP contribution >= 0.6 is 0 Å². The second-order valence-corrected chi connectivity index (χ2v) is 17.2. The number of aliphatic hydroxyl groups is 2. The molecule has 0 aliphatic heterocycles. The number of nitrogens with one attached hydrogen (secondary N) is 1. The minimum Gasteiger partial charge on any atom is -0.394 e. The van der Waals surface area contributed by atoms with Gasteiger partial charge in [-0.1, -0.05) is 252 Å². The first-order valence-corrected chi connectivity index (χ1v) is 25.9. The summed E-state index contributed by atoms with van der Waals surface area (Å²) in [5.41, 5.74) is 0. The van der Waals surface area contributed by atoms with Gasteiger partial charge in [-0.15, -0.1) is 0 Å². The van der Waals surface area contributed by atoms with Crippen LogP contribution in [0.4, 0.5) is 0 Å². The topological polar surface area (TPSA) is 69.6 Å². The highest BCUT2D eigenvalue weighted by Crippen LogP contribution is 2.16.